The molecule has 0 amide bonds. The molecular formula is C14H14Cl2N2. The maximum atomic E-state index is 6.16. The summed E-state index contributed by atoms with van der Waals surface area (Å²) in [6.45, 7) is 2.04. The number of nitrogens with two attached hydrogens (primary N) is 1. The Morgan fingerprint density at radius 1 is 1.06 bits per heavy atom. The molecule has 0 radical (unpaired) electrons. The van der Waals surface area contributed by atoms with Crippen LogP contribution in [0.5, 0.6) is 0 Å². The van der Waals surface area contributed by atoms with Crippen LogP contribution in [0.15, 0.2) is 42.5 Å². The van der Waals surface area contributed by atoms with E-state index < -0.39 is 0 Å². The third kappa shape index (κ3) is 2.89. The smallest absolute Gasteiger partial charge is 0.0658 e. The van der Waals surface area contributed by atoms with E-state index in [0.717, 1.165) is 16.3 Å². The Hall–Kier alpha value is -1.38. The summed E-state index contributed by atoms with van der Waals surface area (Å²) in [5, 5.41) is 4.67. The molecule has 0 aliphatic carbocycles. The van der Waals surface area contributed by atoms with Gasteiger partial charge in [0, 0.05) is 10.7 Å². The molecule has 1 unspecified atom stereocenters. The van der Waals surface area contributed by atoms with Gasteiger partial charge in [-0.1, -0.05) is 41.4 Å². The summed E-state index contributed by atoms with van der Waals surface area (Å²) >= 11 is 12.3. The Kier molecular flexibility index (Phi) is 4.00. The van der Waals surface area contributed by atoms with Crippen LogP contribution in [-0.2, 0) is 0 Å². The third-order valence-electron chi connectivity index (χ3n) is 2.74. The summed E-state index contributed by atoms with van der Waals surface area (Å²) < 4.78 is 0. The van der Waals surface area contributed by atoms with Gasteiger partial charge in [0.05, 0.1) is 16.8 Å². The lowest BCUT2D eigenvalue weighted by Gasteiger charge is -2.18. The van der Waals surface area contributed by atoms with Crippen molar-refractivity contribution in [2.45, 2.75) is 13.0 Å². The van der Waals surface area contributed by atoms with Gasteiger partial charge in [-0.2, -0.15) is 0 Å². The molecule has 3 N–H and O–H groups in total. The summed E-state index contributed by atoms with van der Waals surface area (Å²) in [5.41, 5.74) is 8.19. The highest BCUT2D eigenvalue weighted by Gasteiger charge is 2.10. The summed E-state index contributed by atoms with van der Waals surface area (Å²) in [4.78, 5) is 0. The number of hydrogen-bond acceptors (Lipinski definition) is 2. The number of benzene rings is 2. The Balaban J connectivity index is 2.21. The molecule has 94 valence electrons. The Labute approximate surface area is 117 Å². The van der Waals surface area contributed by atoms with E-state index in [4.69, 9.17) is 28.9 Å². The van der Waals surface area contributed by atoms with Crippen molar-refractivity contribution in [1.29, 1.82) is 0 Å². The van der Waals surface area contributed by atoms with Crippen LogP contribution in [0.1, 0.15) is 18.5 Å². The van der Waals surface area contributed by atoms with E-state index in [1.165, 1.54) is 0 Å². The SMILES string of the molecule is CC(Nc1ccc(N)cc1Cl)c1ccccc1Cl. The predicted octanol–water partition coefficient (Wildman–Crippen LogP) is 4.75. The molecule has 1 atom stereocenters. The fourth-order valence-corrected chi connectivity index (χ4v) is 2.33. The van der Waals surface area contributed by atoms with Gasteiger partial charge in [0.25, 0.3) is 0 Å². The molecule has 0 fully saturated rings. The quantitative estimate of drug-likeness (QED) is 0.797. The van der Waals surface area contributed by atoms with Crippen molar-refractivity contribution in [2.75, 3.05) is 11.1 Å². The zero-order chi connectivity index (χ0) is 13.1. The van der Waals surface area contributed by atoms with Crippen molar-refractivity contribution < 1.29 is 0 Å². The molecule has 0 spiro atoms. The summed E-state index contributed by atoms with van der Waals surface area (Å²) in [6, 6.07) is 13.2. The lowest BCUT2D eigenvalue weighted by molar-refractivity contribution is 0.885. The summed E-state index contributed by atoms with van der Waals surface area (Å²) in [7, 11) is 0. The van der Waals surface area contributed by atoms with Gasteiger partial charge in [-0.05, 0) is 36.8 Å². The molecular weight excluding hydrogens is 267 g/mol. The monoisotopic (exact) mass is 280 g/mol. The Morgan fingerprint density at radius 2 is 1.78 bits per heavy atom. The van der Waals surface area contributed by atoms with E-state index in [-0.39, 0.29) is 6.04 Å². The van der Waals surface area contributed by atoms with Crippen LogP contribution in [0.3, 0.4) is 0 Å². The minimum atomic E-state index is 0.0693. The van der Waals surface area contributed by atoms with Crippen LogP contribution < -0.4 is 11.1 Å². The van der Waals surface area contributed by atoms with Gasteiger partial charge >= 0.3 is 0 Å². The number of rotatable bonds is 3. The van der Waals surface area contributed by atoms with Gasteiger partial charge in [-0.25, -0.2) is 0 Å². The second kappa shape index (κ2) is 5.51. The van der Waals surface area contributed by atoms with Crippen molar-refractivity contribution >= 4 is 34.6 Å². The topological polar surface area (TPSA) is 38.0 Å². The molecule has 0 aromatic heterocycles. The van der Waals surface area contributed by atoms with Crippen LogP contribution in [0.4, 0.5) is 11.4 Å². The average molecular weight is 281 g/mol. The van der Waals surface area contributed by atoms with Gasteiger partial charge < -0.3 is 11.1 Å². The molecule has 2 rings (SSSR count). The second-order valence-electron chi connectivity index (χ2n) is 4.13. The number of hydrogen-bond donors (Lipinski definition) is 2. The van der Waals surface area contributed by atoms with Crippen molar-refractivity contribution in [3.8, 4) is 0 Å². The van der Waals surface area contributed by atoms with E-state index in [9.17, 15) is 0 Å². The maximum absolute atomic E-state index is 6.16. The molecule has 0 aliphatic rings. The normalized spacial score (nSPS) is 12.2. The first-order chi connectivity index (χ1) is 8.58. The van der Waals surface area contributed by atoms with Crippen LogP contribution in [0, 0.1) is 0 Å². The van der Waals surface area contributed by atoms with E-state index in [1.807, 2.05) is 43.3 Å². The average Bonchev–Trinajstić information content (AvgIpc) is 2.33. The number of nitrogen functional groups attached to an aromatic ring is 1. The van der Waals surface area contributed by atoms with E-state index in [0.29, 0.717) is 10.7 Å². The summed E-state index contributed by atoms with van der Waals surface area (Å²) in [6.07, 6.45) is 0. The van der Waals surface area contributed by atoms with Crippen LogP contribution in [0.25, 0.3) is 0 Å². The van der Waals surface area contributed by atoms with Gasteiger partial charge in [0.2, 0.25) is 0 Å². The van der Waals surface area contributed by atoms with E-state index >= 15 is 0 Å². The number of nitrogens with one attached hydrogen (secondary N) is 1. The molecule has 2 nitrogen and oxygen atoms in total. The highest BCUT2D eigenvalue weighted by molar-refractivity contribution is 6.33. The van der Waals surface area contributed by atoms with E-state index in [2.05, 4.69) is 5.32 Å². The zero-order valence-corrected chi connectivity index (χ0v) is 11.5. The van der Waals surface area contributed by atoms with Crippen LogP contribution in [-0.4, -0.2) is 0 Å². The molecule has 0 saturated carbocycles. The molecule has 18 heavy (non-hydrogen) atoms. The second-order valence-corrected chi connectivity index (χ2v) is 4.94. The fourth-order valence-electron chi connectivity index (χ4n) is 1.79. The third-order valence-corrected chi connectivity index (χ3v) is 3.39. The van der Waals surface area contributed by atoms with Crippen molar-refractivity contribution in [1.82, 2.24) is 0 Å². The van der Waals surface area contributed by atoms with Crippen molar-refractivity contribution in [2.24, 2.45) is 0 Å². The lowest BCUT2D eigenvalue weighted by atomic mass is 10.1. The molecule has 0 aliphatic heterocycles. The molecule has 2 aromatic carbocycles. The highest BCUT2D eigenvalue weighted by Crippen LogP contribution is 2.30. The first-order valence-electron chi connectivity index (χ1n) is 5.64. The number of anilines is 2. The first kappa shape index (κ1) is 13.1. The standard InChI is InChI=1S/C14H14Cl2N2/c1-9(11-4-2-3-5-12(11)15)18-14-7-6-10(17)8-13(14)16/h2-9,18H,17H2,1H3. The lowest BCUT2D eigenvalue weighted by Crippen LogP contribution is -2.07. The maximum Gasteiger partial charge on any atom is 0.0658 e. The van der Waals surface area contributed by atoms with Crippen LogP contribution in [0.2, 0.25) is 10.0 Å². The van der Waals surface area contributed by atoms with Crippen LogP contribution >= 0.6 is 23.2 Å². The Morgan fingerprint density at radius 3 is 2.44 bits per heavy atom. The predicted molar refractivity (Wildman–Crippen MR) is 79.4 cm³/mol. The molecule has 0 heterocycles. The van der Waals surface area contributed by atoms with Crippen molar-refractivity contribution in [3.05, 3.63) is 58.1 Å². The molecule has 0 saturated heterocycles. The molecule has 2 aromatic rings. The van der Waals surface area contributed by atoms with E-state index in [1.54, 1.807) is 6.07 Å². The largest absolute Gasteiger partial charge is 0.399 e. The van der Waals surface area contributed by atoms with Gasteiger partial charge in [-0.3, -0.25) is 0 Å². The summed E-state index contributed by atoms with van der Waals surface area (Å²) in [5.74, 6) is 0. The first-order valence-corrected chi connectivity index (χ1v) is 6.39. The number of halogens is 2. The Bertz CT molecular complexity index is 555. The fraction of sp³-hybridized carbons (Fsp3) is 0.143. The van der Waals surface area contributed by atoms with Gasteiger partial charge in [0.15, 0.2) is 0 Å². The van der Waals surface area contributed by atoms with Gasteiger partial charge in [-0.15, -0.1) is 0 Å². The minimum absolute atomic E-state index is 0.0693. The molecule has 0 bridgehead atoms. The van der Waals surface area contributed by atoms with Crippen molar-refractivity contribution in [3.63, 3.8) is 0 Å². The highest BCUT2D eigenvalue weighted by atomic mass is 35.5. The minimum Gasteiger partial charge on any atom is -0.399 e. The van der Waals surface area contributed by atoms with Gasteiger partial charge in [0.1, 0.15) is 0 Å². The zero-order valence-electron chi connectivity index (χ0n) is 9.95. The molecule has 4 heteroatoms.